The summed E-state index contributed by atoms with van der Waals surface area (Å²) < 4.78 is 0. The zero-order valence-electron chi connectivity index (χ0n) is 14.5. The Morgan fingerprint density at radius 1 is 1.04 bits per heavy atom. The minimum atomic E-state index is -0.934. The summed E-state index contributed by atoms with van der Waals surface area (Å²) in [4.78, 5) is 24.4. The van der Waals surface area contributed by atoms with Crippen LogP contribution in [0.2, 0.25) is 0 Å². The number of anilines is 1. The first-order chi connectivity index (χ1) is 12.0. The highest BCUT2D eigenvalue weighted by atomic mass is 16.4. The van der Waals surface area contributed by atoms with Gasteiger partial charge >= 0.3 is 12.0 Å². The number of nitrogens with one attached hydrogen (secondary N) is 3. The second-order valence-electron chi connectivity index (χ2n) is 6.22. The second-order valence-corrected chi connectivity index (χ2v) is 6.22. The summed E-state index contributed by atoms with van der Waals surface area (Å²) in [6.07, 6.45) is -0.112. The van der Waals surface area contributed by atoms with Crippen molar-refractivity contribution in [3.05, 3.63) is 54.6 Å². The Bertz CT molecular complexity index is 717. The standard InChI is InChI=1S/C19H23N3O3/c1-22(2)13-15(12-18(23)24)20-19(25)21-17-11-7-6-10-16(17)14-8-4-3-5-9-14/h3-11,15H,12-13H2,1-2H3,(H,23,24)(H2,20,21,25)/p+1/t15-/m1/s1. The average Bonchev–Trinajstić information content (AvgIpc) is 2.54. The number of likely N-dealkylation sites (N-methyl/N-ethyl adjacent to an activating group) is 1. The molecule has 6 nitrogen and oxygen atoms in total. The molecule has 2 aromatic carbocycles. The summed E-state index contributed by atoms with van der Waals surface area (Å²) in [6, 6.07) is 16.4. The summed E-state index contributed by atoms with van der Waals surface area (Å²) in [5.41, 5.74) is 2.59. The maximum Gasteiger partial charge on any atom is 0.319 e. The van der Waals surface area contributed by atoms with Gasteiger partial charge in [-0.1, -0.05) is 48.5 Å². The van der Waals surface area contributed by atoms with E-state index in [2.05, 4.69) is 10.6 Å². The number of quaternary nitrogens is 1. The van der Waals surface area contributed by atoms with Gasteiger partial charge in [0.25, 0.3) is 0 Å². The Morgan fingerprint density at radius 3 is 2.32 bits per heavy atom. The first kappa shape index (κ1) is 18.5. The van der Waals surface area contributed by atoms with E-state index in [-0.39, 0.29) is 6.42 Å². The number of hydrogen-bond donors (Lipinski definition) is 4. The Kier molecular flexibility index (Phi) is 6.54. The smallest absolute Gasteiger partial charge is 0.319 e. The van der Waals surface area contributed by atoms with Crippen molar-refractivity contribution in [2.45, 2.75) is 12.5 Å². The lowest BCUT2D eigenvalue weighted by Crippen LogP contribution is -3.07. The Hall–Kier alpha value is -2.86. The first-order valence-electron chi connectivity index (χ1n) is 8.18. The maximum atomic E-state index is 12.3. The molecule has 0 saturated heterocycles. The summed E-state index contributed by atoms with van der Waals surface area (Å²) in [6.45, 7) is 0.528. The van der Waals surface area contributed by atoms with Crippen LogP contribution in [0, 0.1) is 0 Å². The SMILES string of the molecule is C[NH+](C)C[C@@H](CC(=O)O)NC(=O)Nc1ccccc1-c1ccccc1. The molecule has 0 fully saturated rings. The number of para-hydroxylation sites is 1. The number of benzene rings is 2. The molecule has 132 valence electrons. The summed E-state index contributed by atoms with van der Waals surface area (Å²) >= 11 is 0. The number of amides is 2. The highest BCUT2D eigenvalue weighted by molar-refractivity contribution is 5.94. The van der Waals surface area contributed by atoms with Crippen LogP contribution in [0.4, 0.5) is 10.5 Å². The molecular weight excluding hydrogens is 318 g/mol. The topological polar surface area (TPSA) is 82.9 Å². The molecule has 0 heterocycles. The van der Waals surface area contributed by atoms with E-state index in [1.807, 2.05) is 68.7 Å². The van der Waals surface area contributed by atoms with Gasteiger partial charge in [-0.05, 0) is 11.6 Å². The fraction of sp³-hybridized carbons (Fsp3) is 0.263. The van der Waals surface area contributed by atoms with Crippen molar-refractivity contribution in [1.29, 1.82) is 0 Å². The molecule has 2 aromatic rings. The van der Waals surface area contributed by atoms with Crippen LogP contribution in [-0.4, -0.2) is 43.8 Å². The van der Waals surface area contributed by atoms with Crippen LogP contribution in [0.3, 0.4) is 0 Å². The molecule has 0 spiro atoms. The van der Waals surface area contributed by atoms with Crippen molar-refractivity contribution >= 4 is 17.7 Å². The van der Waals surface area contributed by atoms with Crippen molar-refractivity contribution in [1.82, 2.24) is 5.32 Å². The molecular formula is C19H24N3O3+. The minimum Gasteiger partial charge on any atom is -0.481 e. The maximum absolute atomic E-state index is 12.3. The largest absolute Gasteiger partial charge is 0.481 e. The van der Waals surface area contributed by atoms with E-state index in [0.717, 1.165) is 16.0 Å². The molecule has 4 N–H and O–H groups in total. The third kappa shape index (κ3) is 5.93. The summed E-state index contributed by atoms with van der Waals surface area (Å²) in [5, 5.41) is 14.6. The van der Waals surface area contributed by atoms with Gasteiger partial charge in [0, 0.05) is 5.56 Å². The number of carbonyl (C=O) groups excluding carboxylic acids is 1. The van der Waals surface area contributed by atoms with Crippen LogP contribution in [-0.2, 0) is 4.79 Å². The van der Waals surface area contributed by atoms with Gasteiger partial charge in [0.15, 0.2) is 0 Å². The quantitative estimate of drug-likeness (QED) is 0.615. The van der Waals surface area contributed by atoms with Gasteiger partial charge in [-0.2, -0.15) is 0 Å². The molecule has 2 rings (SSSR count). The minimum absolute atomic E-state index is 0.112. The fourth-order valence-electron chi connectivity index (χ4n) is 2.68. The van der Waals surface area contributed by atoms with Crippen molar-refractivity contribution < 1.29 is 19.6 Å². The van der Waals surface area contributed by atoms with Crippen molar-refractivity contribution in [2.24, 2.45) is 0 Å². The average molecular weight is 342 g/mol. The number of carboxylic acid groups (broad SMARTS) is 1. The molecule has 1 atom stereocenters. The van der Waals surface area contributed by atoms with Crippen LogP contribution in [0.25, 0.3) is 11.1 Å². The molecule has 0 radical (unpaired) electrons. The zero-order chi connectivity index (χ0) is 18.2. The molecule has 6 heteroatoms. The third-order valence-corrected chi connectivity index (χ3v) is 3.67. The lowest BCUT2D eigenvalue weighted by Gasteiger charge is -2.19. The molecule has 0 aliphatic carbocycles. The Labute approximate surface area is 147 Å². The molecule has 0 unspecified atom stereocenters. The van der Waals surface area contributed by atoms with E-state index in [9.17, 15) is 9.59 Å². The van der Waals surface area contributed by atoms with E-state index in [1.54, 1.807) is 0 Å². The van der Waals surface area contributed by atoms with Crippen LogP contribution in [0.15, 0.2) is 54.6 Å². The second kappa shape index (κ2) is 8.84. The Balaban J connectivity index is 2.11. The van der Waals surface area contributed by atoms with Crippen molar-refractivity contribution in [3.8, 4) is 11.1 Å². The molecule has 0 saturated carbocycles. The number of hydrogen-bond acceptors (Lipinski definition) is 2. The van der Waals surface area contributed by atoms with E-state index >= 15 is 0 Å². The number of urea groups is 1. The molecule has 0 aliphatic rings. The van der Waals surface area contributed by atoms with Gasteiger partial charge in [0.05, 0.1) is 38.8 Å². The third-order valence-electron chi connectivity index (χ3n) is 3.67. The van der Waals surface area contributed by atoms with Gasteiger partial charge in [0.1, 0.15) is 0 Å². The number of aliphatic carboxylic acids is 1. The van der Waals surface area contributed by atoms with Gasteiger partial charge in [0.2, 0.25) is 0 Å². The van der Waals surface area contributed by atoms with Crippen LogP contribution in [0.5, 0.6) is 0 Å². The monoisotopic (exact) mass is 342 g/mol. The number of rotatable bonds is 7. The van der Waals surface area contributed by atoms with Gasteiger partial charge in [-0.15, -0.1) is 0 Å². The highest BCUT2D eigenvalue weighted by Gasteiger charge is 2.19. The molecule has 2 amide bonds. The van der Waals surface area contributed by atoms with Gasteiger partial charge < -0.3 is 20.6 Å². The first-order valence-corrected chi connectivity index (χ1v) is 8.18. The normalized spacial score (nSPS) is 11.8. The van der Waals surface area contributed by atoms with E-state index in [4.69, 9.17) is 5.11 Å². The fourth-order valence-corrected chi connectivity index (χ4v) is 2.68. The summed E-state index contributed by atoms with van der Waals surface area (Å²) in [5.74, 6) is -0.934. The van der Waals surface area contributed by atoms with E-state index < -0.39 is 18.0 Å². The molecule has 0 aromatic heterocycles. The van der Waals surface area contributed by atoms with Crippen molar-refractivity contribution in [3.63, 3.8) is 0 Å². The zero-order valence-corrected chi connectivity index (χ0v) is 14.5. The highest BCUT2D eigenvalue weighted by Crippen LogP contribution is 2.27. The number of carbonyl (C=O) groups is 2. The number of carboxylic acids is 1. The molecule has 0 aliphatic heterocycles. The summed E-state index contributed by atoms with van der Waals surface area (Å²) in [7, 11) is 3.83. The van der Waals surface area contributed by atoms with Crippen LogP contribution in [0.1, 0.15) is 6.42 Å². The van der Waals surface area contributed by atoms with Crippen LogP contribution >= 0.6 is 0 Å². The van der Waals surface area contributed by atoms with Crippen LogP contribution < -0.4 is 15.5 Å². The Morgan fingerprint density at radius 2 is 1.68 bits per heavy atom. The van der Waals surface area contributed by atoms with E-state index in [1.165, 1.54) is 0 Å². The predicted octanol–water partition coefficient (Wildman–Crippen LogP) is 1.46. The van der Waals surface area contributed by atoms with E-state index in [0.29, 0.717) is 12.2 Å². The molecule has 25 heavy (non-hydrogen) atoms. The van der Waals surface area contributed by atoms with Gasteiger partial charge in [-0.25, -0.2) is 4.79 Å². The van der Waals surface area contributed by atoms with Gasteiger partial charge in [-0.3, -0.25) is 4.79 Å². The lowest BCUT2D eigenvalue weighted by molar-refractivity contribution is -0.859. The van der Waals surface area contributed by atoms with Crippen molar-refractivity contribution in [2.75, 3.05) is 26.0 Å². The lowest BCUT2D eigenvalue weighted by atomic mass is 10.0. The molecule has 0 bridgehead atoms. The predicted molar refractivity (Wildman–Crippen MR) is 97.8 cm³/mol.